The molecule has 1 saturated carbocycles. The molecule has 0 aliphatic heterocycles. The number of hydrogen-bond donors (Lipinski definition) is 3. The van der Waals surface area contributed by atoms with E-state index >= 15 is 0 Å². The van der Waals surface area contributed by atoms with Crippen molar-refractivity contribution < 1.29 is 9.90 Å². The second kappa shape index (κ2) is 6.21. The third-order valence-corrected chi connectivity index (χ3v) is 3.42. The molecule has 0 heterocycles. The number of nitrogens with zero attached hydrogens (tertiary/aromatic N) is 1. The summed E-state index contributed by atoms with van der Waals surface area (Å²) in [6.45, 7) is 0.489. The molecule has 1 aromatic rings. The number of anilines is 1. The van der Waals surface area contributed by atoms with Gasteiger partial charge in [0.25, 0.3) is 0 Å². The number of nitrogens with one attached hydrogen (secondary N) is 2. The fraction of sp³-hybridized carbons (Fsp3) is 0.429. The maximum absolute atomic E-state index is 11.7. The number of nitriles is 1. The van der Waals surface area contributed by atoms with E-state index in [1.165, 1.54) is 0 Å². The Kier molecular flexibility index (Phi) is 4.37. The molecule has 19 heavy (non-hydrogen) atoms. The average Bonchev–Trinajstić information content (AvgIpc) is 2.83. The smallest absolute Gasteiger partial charge is 0.319 e. The summed E-state index contributed by atoms with van der Waals surface area (Å²) >= 11 is 0. The van der Waals surface area contributed by atoms with Crippen LogP contribution < -0.4 is 10.6 Å². The molecular formula is C14H17N3O2. The molecule has 1 aliphatic carbocycles. The van der Waals surface area contributed by atoms with Crippen LogP contribution >= 0.6 is 0 Å². The number of urea groups is 1. The molecule has 1 fully saturated rings. The molecule has 0 saturated heterocycles. The zero-order chi connectivity index (χ0) is 13.7. The van der Waals surface area contributed by atoms with Crippen molar-refractivity contribution in [2.75, 3.05) is 11.9 Å². The molecule has 5 heteroatoms. The lowest BCUT2D eigenvalue weighted by Gasteiger charge is -2.15. The van der Waals surface area contributed by atoms with E-state index in [9.17, 15) is 9.90 Å². The van der Waals surface area contributed by atoms with Crippen molar-refractivity contribution >= 4 is 11.7 Å². The molecule has 3 N–H and O–H groups in total. The lowest BCUT2D eigenvalue weighted by molar-refractivity contribution is 0.133. The molecule has 2 rings (SSSR count). The summed E-state index contributed by atoms with van der Waals surface area (Å²) in [5.74, 6) is 0.159. The first-order valence-electron chi connectivity index (χ1n) is 6.42. The van der Waals surface area contributed by atoms with Crippen molar-refractivity contribution in [1.29, 1.82) is 5.26 Å². The van der Waals surface area contributed by atoms with Crippen molar-refractivity contribution in [3.8, 4) is 6.07 Å². The summed E-state index contributed by atoms with van der Waals surface area (Å²) in [6.07, 6.45) is 2.50. The zero-order valence-corrected chi connectivity index (χ0v) is 10.6. The van der Waals surface area contributed by atoms with Gasteiger partial charge in [-0.2, -0.15) is 5.26 Å². The number of amides is 2. The summed E-state index contributed by atoms with van der Waals surface area (Å²) in [7, 11) is 0. The maximum atomic E-state index is 11.7. The van der Waals surface area contributed by atoms with Crippen molar-refractivity contribution in [3.63, 3.8) is 0 Å². The first kappa shape index (κ1) is 13.4. The summed E-state index contributed by atoms with van der Waals surface area (Å²) in [5.41, 5.74) is 1.20. The second-order valence-corrected chi connectivity index (χ2v) is 4.78. The van der Waals surface area contributed by atoms with Crippen LogP contribution in [0.5, 0.6) is 0 Å². The van der Waals surface area contributed by atoms with E-state index in [1.54, 1.807) is 24.3 Å². The molecule has 5 nitrogen and oxygen atoms in total. The highest BCUT2D eigenvalue weighted by molar-refractivity contribution is 5.89. The molecule has 2 unspecified atom stereocenters. The standard InChI is InChI=1S/C14H17N3O2/c15-8-10-4-6-12(7-5-10)17-14(19)16-9-11-2-1-3-13(11)18/h4-7,11,13,18H,1-3,9H2,(H2,16,17,19). The van der Waals surface area contributed by atoms with Crippen LogP contribution in [0.4, 0.5) is 10.5 Å². The number of aliphatic hydroxyl groups is 1. The van der Waals surface area contributed by atoms with E-state index in [0.717, 1.165) is 19.3 Å². The van der Waals surface area contributed by atoms with Crippen molar-refractivity contribution in [3.05, 3.63) is 29.8 Å². The van der Waals surface area contributed by atoms with Crippen LogP contribution in [0.3, 0.4) is 0 Å². The number of rotatable bonds is 3. The number of hydrogen-bond acceptors (Lipinski definition) is 3. The molecule has 100 valence electrons. The van der Waals surface area contributed by atoms with Crippen LogP contribution in [0.25, 0.3) is 0 Å². The van der Waals surface area contributed by atoms with E-state index in [4.69, 9.17) is 5.26 Å². The predicted octanol–water partition coefficient (Wildman–Crippen LogP) is 1.84. The van der Waals surface area contributed by atoms with E-state index in [1.807, 2.05) is 6.07 Å². The molecule has 0 radical (unpaired) electrons. The Hall–Kier alpha value is -2.06. The minimum Gasteiger partial charge on any atom is -0.393 e. The lowest BCUT2D eigenvalue weighted by Crippen LogP contribution is -2.35. The van der Waals surface area contributed by atoms with Gasteiger partial charge in [-0.1, -0.05) is 6.42 Å². The van der Waals surface area contributed by atoms with Gasteiger partial charge in [-0.3, -0.25) is 0 Å². The Morgan fingerprint density at radius 2 is 2.11 bits per heavy atom. The molecule has 0 bridgehead atoms. The molecule has 1 aliphatic rings. The van der Waals surface area contributed by atoms with Gasteiger partial charge in [-0.05, 0) is 37.1 Å². The lowest BCUT2D eigenvalue weighted by atomic mass is 10.1. The number of aliphatic hydroxyl groups excluding tert-OH is 1. The van der Waals surface area contributed by atoms with Crippen LogP contribution in [0, 0.1) is 17.2 Å². The highest BCUT2D eigenvalue weighted by atomic mass is 16.3. The topological polar surface area (TPSA) is 85.2 Å². The summed E-state index contributed by atoms with van der Waals surface area (Å²) in [6, 6.07) is 8.39. The Balaban J connectivity index is 1.79. The van der Waals surface area contributed by atoms with Gasteiger partial charge in [0.05, 0.1) is 17.7 Å². The first-order valence-corrected chi connectivity index (χ1v) is 6.42. The van der Waals surface area contributed by atoms with Crippen LogP contribution in [0.2, 0.25) is 0 Å². The predicted molar refractivity (Wildman–Crippen MR) is 71.5 cm³/mol. The number of carbonyl (C=O) groups excluding carboxylic acids is 1. The summed E-state index contributed by atoms with van der Waals surface area (Å²) in [4.78, 5) is 11.7. The van der Waals surface area contributed by atoms with Gasteiger partial charge in [0.2, 0.25) is 0 Å². The monoisotopic (exact) mass is 259 g/mol. The average molecular weight is 259 g/mol. The van der Waals surface area contributed by atoms with E-state index in [0.29, 0.717) is 17.8 Å². The zero-order valence-electron chi connectivity index (χ0n) is 10.6. The molecule has 2 amide bonds. The minimum atomic E-state index is -0.296. The normalized spacial score (nSPS) is 21.7. The van der Waals surface area contributed by atoms with E-state index in [-0.39, 0.29) is 18.1 Å². The summed E-state index contributed by atoms with van der Waals surface area (Å²) in [5, 5.41) is 23.8. The van der Waals surface area contributed by atoms with Crippen LogP contribution in [-0.4, -0.2) is 23.8 Å². The van der Waals surface area contributed by atoms with Gasteiger partial charge in [0.15, 0.2) is 0 Å². The highest BCUT2D eigenvalue weighted by Gasteiger charge is 2.25. The fourth-order valence-corrected chi connectivity index (χ4v) is 2.28. The molecule has 1 aromatic carbocycles. The van der Waals surface area contributed by atoms with Gasteiger partial charge < -0.3 is 15.7 Å². The number of benzene rings is 1. The Morgan fingerprint density at radius 1 is 1.37 bits per heavy atom. The third kappa shape index (κ3) is 3.70. The van der Waals surface area contributed by atoms with Gasteiger partial charge in [-0.15, -0.1) is 0 Å². The van der Waals surface area contributed by atoms with Crippen molar-refractivity contribution in [2.24, 2.45) is 5.92 Å². The summed E-state index contributed by atoms with van der Waals surface area (Å²) < 4.78 is 0. The Morgan fingerprint density at radius 3 is 2.68 bits per heavy atom. The van der Waals surface area contributed by atoms with Gasteiger partial charge >= 0.3 is 6.03 Å². The quantitative estimate of drug-likeness (QED) is 0.774. The molecule has 2 atom stereocenters. The molecular weight excluding hydrogens is 242 g/mol. The van der Waals surface area contributed by atoms with Gasteiger partial charge in [0.1, 0.15) is 0 Å². The Labute approximate surface area is 112 Å². The Bertz CT molecular complexity index is 478. The first-order chi connectivity index (χ1) is 9.19. The van der Waals surface area contributed by atoms with Crippen LogP contribution in [0.15, 0.2) is 24.3 Å². The van der Waals surface area contributed by atoms with Crippen LogP contribution in [0.1, 0.15) is 24.8 Å². The number of carbonyl (C=O) groups is 1. The third-order valence-electron chi connectivity index (χ3n) is 3.42. The van der Waals surface area contributed by atoms with Gasteiger partial charge in [0, 0.05) is 18.2 Å². The maximum Gasteiger partial charge on any atom is 0.319 e. The fourth-order valence-electron chi connectivity index (χ4n) is 2.28. The van der Waals surface area contributed by atoms with E-state index < -0.39 is 0 Å². The van der Waals surface area contributed by atoms with Crippen molar-refractivity contribution in [1.82, 2.24) is 5.32 Å². The minimum absolute atomic E-state index is 0.159. The molecule has 0 spiro atoms. The van der Waals surface area contributed by atoms with E-state index in [2.05, 4.69) is 10.6 Å². The molecule has 0 aromatic heterocycles. The largest absolute Gasteiger partial charge is 0.393 e. The SMILES string of the molecule is N#Cc1ccc(NC(=O)NCC2CCCC2O)cc1. The van der Waals surface area contributed by atoms with Crippen molar-refractivity contribution in [2.45, 2.75) is 25.4 Å². The van der Waals surface area contributed by atoms with Crippen LogP contribution in [-0.2, 0) is 0 Å². The van der Waals surface area contributed by atoms with Gasteiger partial charge in [-0.25, -0.2) is 4.79 Å². The second-order valence-electron chi connectivity index (χ2n) is 4.78. The highest BCUT2D eigenvalue weighted by Crippen LogP contribution is 2.24.